The van der Waals surface area contributed by atoms with E-state index in [1.165, 1.54) is 18.6 Å². The van der Waals surface area contributed by atoms with Gasteiger partial charge in [-0.2, -0.15) is 13.2 Å². The number of hydrogen-bond acceptors (Lipinski definition) is 6. The van der Waals surface area contributed by atoms with E-state index in [0.29, 0.717) is 12.0 Å². The highest BCUT2D eigenvalue weighted by Crippen LogP contribution is 2.31. The first-order valence-electron chi connectivity index (χ1n) is 10.1. The first-order valence-corrected chi connectivity index (χ1v) is 10.1. The molecule has 3 heterocycles. The lowest BCUT2D eigenvalue weighted by atomic mass is 10.0. The monoisotopic (exact) mass is 487 g/mol. The van der Waals surface area contributed by atoms with Crippen molar-refractivity contribution in [3.8, 4) is 11.1 Å². The van der Waals surface area contributed by atoms with E-state index in [-0.39, 0.29) is 40.4 Å². The number of nitrogens with one attached hydrogen (secondary N) is 2. The van der Waals surface area contributed by atoms with Gasteiger partial charge in [-0.1, -0.05) is 6.58 Å². The van der Waals surface area contributed by atoms with Gasteiger partial charge in [-0.25, -0.2) is 23.7 Å². The van der Waals surface area contributed by atoms with Gasteiger partial charge in [0, 0.05) is 55.1 Å². The van der Waals surface area contributed by atoms with E-state index in [9.17, 15) is 22.0 Å². The quantitative estimate of drug-likeness (QED) is 0.336. The Morgan fingerprint density at radius 1 is 1.00 bits per heavy atom. The fourth-order valence-electron chi connectivity index (χ4n) is 3.21. The highest BCUT2D eigenvalue weighted by atomic mass is 19.4. The number of hydrogen-bond donors (Lipinski definition) is 2. The number of aryl methyl sites for hydroxylation is 1. The van der Waals surface area contributed by atoms with E-state index in [2.05, 4.69) is 37.1 Å². The molecule has 0 bridgehead atoms. The summed E-state index contributed by atoms with van der Waals surface area (Å²) in [5, 5.41) is 5.53. The molecule has 0 aliphatic heterocycles. The maximum absolute atomic E-state index is 14.8. The van der Waals surface area contributed by atoms with Crippen LogP contribution >= 0.6 is 0 Å². The highest BCUT2D eigenvalue weighted by molar-refractivity contribution is 5.64. The summed E-state index contributed by atoms with van der Waals surface area (Å²) in [7, 11) is 1.80. The number of anilines is 3. The van der Waals surface area contributed by atoms with Crippen LogP contribution in [-0.2, 0) is 19.6 Å². The van der Waals surface area contributed by atoms with Gasteiger partial charge < -0.3 is 15.2 Å². The lowest BCUT2D eigenvalue weighted by Crippen LogP contribution is -2.08. The van der Waals surface area contributed by atoms with Crippen LogP contribution in [0.2, 0.25) is 0 Å². The van der Waals surface area contributed by atoms with E-state index < -0.39 is 23.4 Å². The van der Waals surface area contributed by atoms with Crippen LogP contribution in [0.1, 0.15) is 11.1 Å². The zero-order valence-corrected chi connectivity index (χ0v) is 18.2. The molecule has 0 aliphatic rings. The Labute approximate surface area is 196 Å². The molecule has 0 aliphatic carbocycles. The zero-order valence-electron chi connectivity index (χ0n) is 18.2. The molecule has 0 saturated carbocycles. The van der Waals surface area contributed by atoms with Crippen LogP contribution in [0.15, 0.2) is 67.8 Å². The van der Waals surface area contributed by atoms with Crippen molar-refractivity contribution in [2.45, 2.75) is 12.6 Å². The van der Waals surface area contributed by atoms with Crippen LogP contribution in [0.5, 0.6) is 0 Å². The largest absolute Gasteiger partial charge is 0.417 e. The third kappa shape index (κ3) is 5.78. The molecule has 0 saturated heterocycles. The number of aromatic nitrogens is 5. The van der Waals surface area contributed by atoms with Crippen LogP contribution in [0, 0.1) is 11.6 Å². The second-order valence-electron chi connectivity index (χ2n) is 7.63. The minimum absolute atomic E-state index is 0.0267. The maximum Gasteiger partial charge on any atom is 0.417 e. The van der Waals surface area contributed by atoms with Crippen molar-refractivity contribution >= 4 is 17.5 Å². The maximum atomic E-state index is 14.8. The molecular weight excluding hydrogens is 469 g/mol. The predicted molar refractivity (Wildman–Crippen MR) is 120 cm³/mol. The molecule has 0 atom stereocenters. The van der Waals surface area contributed by atoms with Crippen LogP contribution in [0.25, 0.3) is 11.1 Å². The Balaban J connectivity index is 1.46. The summed E-state index contributed by atoms with van der Waals surface area (Å²) in [4.78, 5) is 15.8. The molecule has 4 rings (SSSR count). The average molecular weight is 487 g/mol. The second-order valence-corrected chi connectivity index (χ2v) is 7.63. The van der Waals surface area contributed by atoms with E-state index in [1.807, 2.05) is 0 Å². The topological polar surface area (TPSA) is 80.5 Å². The van der Waals surface area contributed by atoms with Crippen molar-refractivity contribution in [1.29, 1.82) is 0 Å². The van der Waals surface area contributed by atoms with E-state index in [0.717, 1.165) is 18.2 Å². The van der Waals surface area contributed by atoms with Crippen molar-refractivity contribution in [2.75, 3.05) is 10.6 Å². The summed E-state index contributed by atoms with van der Waals surface area (Å²) >= 11 is 0. The predicted octanol–water partition coefficient (Wildman–Crippen LogP) is 5.48. The van der Waals surface area contributed by atoms with Gasteiger partial charge in [0.05, 0.1) is 23.8 Å². The Hall–Kier alpha value is -4.35. The molecule has 4 aromatic rings. The molecule has 0 fully saturated rings. The Morgan fingerprint density at radius 2 is 1.74 bits per heavy atom. The number of pyridine rings is 1. The molecule has 7 nitrogen and oxygen atoms in total. The van der Waals surface area contributed by atoms with Crippen LogP contribution in [0.3, 0.4) is 0 Å². The Kier molecular flexibility index (Phi) is 6.45. The lowest BCUT2D eigenvalue weighted by Gasteiger charge is -2.13. The lowest BCUT2D eigenvalue weighted by molar-refractivity contribution is -0.137. The second kappa shape index (κ2) is 9.49. The first-order chi connectivity index (χ1) is 16.6. The van der Waals surface area contributed by atoms with Crippen molar-refractivity contribution in [1.82, 2.24) is 24.5 Å². The van der Waals surface area contributed by atoms with E-state index >= 15 is 0 Å². The molecule has 0 radical (unpaired) electrons. The van der Waals surface area contributed by atoms with Crippen LogP contribution < -0.4 is 10.6 Å². The number of rotatable bonds is 7. The minimum atomic E-state index is -4.56. The van der Waals surface area contributed by atoms with Gasteiger partial charge in [0.25, 0.3) is 0 Å². The third-order valence-corrected chi connectivity index (χ3v) is 4.83. The van der Waals surface area contributed by atoms with Crippen LogP contribution in [-0.4, -0.2) is 24.5 Å². The van der Waals surface area contributed by atoms with E-state index in [4.69, 9.17) is 0 Å². The summed E-state index contributed by atoms with van der Waals surface area (Å²) in [5.74, 6) is -0.681. The van der Waals surface area contributed by atoms with Crippen LogP contribution in [0.4, 0.5) is 39.4 Å². The smallest absolute Gasteiger partial charge is 0.358 e. The summed E-state index contributed by atoms with van der Waals surface area (Å²) in [5.41, 5.74) is -0.578. The number of benzene rings is 1. The van der Waals surface area contributed by atoms with Crippen molar-refractivity contribution < 1.29 is 22.0 Å². The SMILES string of the molecule is C=C(Cc1cc(F)c(-c2cnc(Nc3cn(C)cn3)nc2)cc1F)Nc1cncc(C(F)(F)F)c1. The molecule has 180 valence electrons. The van der Waals surface area contributed by atoms with Gasteiger partial charge in [0.1, 0.15) is 11.6 Å². The van der Waals surface area contributed by atoms with Crippen molar-refractivity contribution in [2.24, 2.45) is 7.05 Å². The molecule has 3 aromatic heterocycles. The minimum Gasteiger partial charge on any atom is -0.358 e. The van der Waals surface area contributed by atoms with Gasteiger partial charge in [0.2, 0.25) is 5.95 Å². The normalized spacial score (nSPS) is 11.4. The first kappa shape index (κ1) is 23.8. The van der Waals surface area contributed by atoms with Gasteiger partial charge in [0.15, 0.2) is 5.82 Å². The number of allylic oxidation sites excluding steroid dienone is 1. The van der Waals surface area contributed by atoms with Gasteiger partial charge >= 0.3 is 6.18 Å². The fraction of sp³-hybridized carbons (Fsp3) is 0.130. The van der Waals surface area contributed by atoms with E-state index in [1.54, 1.807) is 24.1 Å². The number of imidazole rings is 1. The average Bonchev–Trinajstić information content (AvgIpc) is 3.20. The van der Waals surface area contributed by atoms with Crippen molar-refractivity contribution in [3.05, 3.63) is 90.5 Å². The van der Waals surface area contributed by atoms with Gasteiger partial charge in [-0.15, -0.1) is 0 Å². The summed E-state index contributed by atoms with van der Waals surface area (Å²) in [6.45, 7) is 3.69. The van der Waals surface area contributed by atoms with Gasteiger partial charge in [-0.05, 0) is 23.8 Å². The summed E-state index contributed by atoms with van der Waals surface area (Å²) in [6, 6.07) is 2.86. The molecule has 0 spiro atoms. The fourth-order valence-corrected chi connectivity index (χ4v) is 3.21. The molecule has 12 heteroatoms. The molecular formula is C23H18F5N7. The molecule has 35 heavy (non-hydrogen) atoms. The highest BCUT2D eigenvalue weighted by Gasteiger charge is 2.31. The summed E-state index contributed by atoms with van der Waals surface area (Å²) < 4.78 is 69.8. The Morgan fingerprint density at radius 3 is 2.40 bits per heavy atom. The zero-order chi connectivity index (χ0) is 25.2. The van der Waals surface area contributed by atoms with Crippen molar-refractivity contribution in [3.63, 3.8) is 0 Å². The molecule has 0 unspecified atom stereocenters. The molecule has 1 aromatic carbocycles. The van der Waals surface area contributed by atoms with Gasteiger partial charge in [-0.3, -0.25) is 4.98 Å². The number of halogens is 5. The third-order valence-electron chi connectivity index (χ3n) is 4.83. The number of nitrogens with zero attached hydrogens (tertiary/aromatic N) is 5. The molecule has 0 amide bonds. The Bertz CT molecular complexity index is 1360. The standard InChI is InChI=1S/C23H18F5N7/c1-13(33-17-5-16(9-29-10-17)23(26,27)28)3-14-4-20(25)18(6-19(14)24)15-7-30-22(31-8-15)34-21-11-35(2)12-32-21/h4-12,33H,1,3H2,2H3,(H,30,31,34). The number of alkyl halides is 3. The summed E-state index contributed by atoms with van der Waals surface area (Å²) in [6.07, 6.45) is 3.14. The molecule has 2 N–H and O–H groups in total.